The Morgan fingerprint density at radius 2 is 1.62 bits per heavy atom. The first-order valence-electron chi connectivity index (χ1n) is 7.97. The molecule has 0 saturated carbocycles. The van der Waals surface area contributed by atoms with Crippen LogP contribution in [0.15, 0.2) is 77.8 Å². The van der Waals surface area contributed by atoms with Gasteiger partial charge in [0.15, 0.2) is 0 Å². The van der Waals surface area contributed by atoms with E-state index in [1.54, 1.807) is 30.3 Å². The smallest absolute Gasteiger partial charge is 0.270 e. The molecule has 0 amide bonds. The number of anilines is 2. The summed E-state index contributed by atoms with van der Waals surface area (Å²) in [6, 6.07) is 20.5. The van der Waals surface area contributed by atoms with Gasteiger partial charge in [0.05, 0.1) is 16.3 Å². The third-order valence-electron chi connectivity index (χ3n) is 4.12. The molecule has 1 aliphatic rings. The van der Waals surface area contributed by atoms with Crippen molar-refractivity contribution in [1.82, 2.24) is 0 Å². The minimum Gasteiger partial charge on any atom is -0.353 e. The molecule has 3 aromatic carbocycles. The Morgan fingerprint density at radius 3 is 2.42 bits per heavy atom. The molecule has 0 spiro atoms. The second-order valence-corrected chi connectivity index (χ2v) is 5.78. The number of Topliss-reactive ketones (excluding diaryl/α,β-unsaturated/α-hetero) is 1. The normalized spacial score (nSPS) is 12.8. The second-order valence-electron chi connectivity index (χ2n) is 5.78. The number of carbonyl (C=O) groups is 1. The summed E-state index contributed by atoms with van der Waals surface area (Å²) in [6.07, 6.45) is 0. The first-order valence-corrected chi connectivity index (χ1v) is 7.97. The average molecular weight is 343 g/mol. The van der Waals surface area contributed by atoms with E-state index in [0.29, 0.717) is 22.5 Å². The number of benzene rings is 3. The number of non-ortho nitro benzene ring substituents is 1. The Morgan fingerprint density at radius 1 is 0.885 bits per heavy atom. The van der Waals surface area contributed by atoms with Crippen LogP contribution in [0, 0.1) is 10.1 Å². The van der Waals surface area contributed by atoms with Crippen LogP contribution in [0.25, 0.3) is 0 Å². The van der Waals surface area contributed by atoms with Crippen LogP contribution in [0.5, 0.6) is 0 Å². The van der Waals surface area contributed by atoms with Crippen LogP contribution < -0.4 is 5.32 Å². The molecule has 0 atom stereocenters. The van der Waals surface area contributed by atoms with Gasteiger partial charge in [-0.15, -0.1) is 0 Å². The molecule has 0 bridgehead atoms. The number of hydrogen-bond donors (Lipinski definition) is 1. The molecular weight excluding hydrogens is 330 g/mol. The van der Waals surface area contributed by atoms with Gasteiger partial charge in [-0.2, -0.15) is 0 Å². The highest BCUT2D eigenvalue weighted by molar-refractivity contribution is 6.53. The number of para-hydroxylation sites is 3. The summed E-state index contributed by atoms with van der Waals surface area (Å²) >= 11 is 0. The van der Waals surface area contributed by atoms with Crippen molar-refractivity contribution in [3.05, 3.63) is 94.0 Å². The van der Waals surface area contributed by atoms with Crippen LogP contribution in [0.4, 0.5) is 22.7 Å². The van der Waals surface area contributed by atoms with Gasteiger partial charge >= 0.3 is 0 Å². The number of nitro benzene ring substituents is 1. The van der Waals surface area contributed by atoms with Crippen molar-refractivity contribution in [3.8, 4) is 0 Å². The Labute approximate surface area is 149 Å². The average Bonchev–Trinajstić information content (AvgIpc) is 2.66. The molecule has 4 rings (SSSR count). The van der Waals surface area contributed by atoms with Gasteiger partial charge in [0, 0.05) is 28.9 Å². The third kappa shape index (κ3) is 2.73. The van der Waals surface area contributed by atoms with Gasteiger partial charge in [-0.05, 0) is 24.3 Å². The molecule has 0 radical (unpaired) electrons. The lowest BCUT2D eigenvalue weighted by Gasteiger charge is -2.17. The van der Waals surface area contributed by atoms with Gasteiger partial charge in [0.25, 0.3) is 5.69 Å². The Balaban J connectivity index is 1.97. The van der Waals surface area contributed by atoms with Crippen molar-refractivity contribution in [3.63, 3.8) is 0 Å². The molecule has 1 heterocycles. The SMILES string of the molecule is O=C1C(c2cccc([N+](=O)[O-])c2)=Nc2ccccc2Nc2ccccc21. The van der Waals surface area contributed by atoms with Crippen LogP contribution in [-0.4, -0.2) is 16.4 Å². The second kappa shape index (κ2) is 6.25. The van der Waals surface area contributed by atoms with Crippen molar-refractivity contribution in [2.24, 2.45) is 4.99 Å². The molecule has 1 aliphatic heterocycles. The summed E-state index contributed by atoms with van der Waals surface area (Å²) < 4.78 is 0. The van der Waals surface area contributed by atoms with E-state index in [1.807, 2.05) is 30.3 Å². The first kappa shape index (κ1) is 15.7. The zero-order chi connectivity index (χ0) is 18.1. The highest BCUT2D eigenvalue weighted by atomic mass is 16.6. The van der Waals surface area contributed by atoms with E-state index in [1.165, 1.54) is 12.1 Å². The monoisotopic (exact) mass is 343 g/mol. The number of nitro groups is 1. The predicted octanol–water partition coefficient (Wildman–Crippen LogP) is 4.66. The van der Waals surface area contributed by atoms with Crippen LogP contribution in [0.1, 0.15) is 15.9 Å². The number of fused-ring (bicyclic) bond motifs is 2. The Bertz CT molecular complexity index is 1070. The van der Waals surface area contributed by atoms with Crippen LogP contribution in [0.3, 0.4) is 0 Å². The van der Waals surface area contributed by atoms with Crippen LogP contribution >= 0.6 is 0 Å². The molecule has 0 aliphatic carbocycles. The van der Waals surface area contributed by atoms with E-state index in [2.05, 4.69) is 10.3 Å². The van der Waals surface area contributed by atoms with Gasteiger partial charge in [-0.3, -0.25) is 14.9 Å². The lowest BCUT2D eigenvalue weighted by Crippen LogP contribution is -2.19. The zero-order valence-electron chi connectivity index (χ0n) is 13.5. The highest BCUT2D eigenvalue weighted by Crippen LogP contribution is 2.33. The number of aliphatic imine (C=N–C) groups is 1. The summed E-state index contributed by atoms with van der Waals surface area (Å²) in [4.78, 5) is 28.3. The first-order chi connectivity index (χ1) is 12.6. The van der Waals surface area contributed by atoms with Gasteiger partial charge in [0.1, 0.15) is 5.71 Å². The van der Waals surface area contributed by atoms with Crippen LogP contribution in [-0.2, 0) is 0 Å². The summed E-state index contributed by atoms with van der Waals surface area (Å²) in [5.41, 5.74) is 2.99. The molecule has 3 aromatic rings. The predicted molar refractivity (Wildman–Crippen MR) is 99.8 cm³/mol. The maximum atomic E-state index is 13.1. The van der Waals surface area contributed by atoms with E-state index in [0.717, 1.165) is 5.69 Å². The molecule has 0 unspecified atom stereocenters. The molecule has 6 heteroatoms. The van der Waals surface area contributed by atoms with Crippen LogP contribution in [0.2, 0.25) is 0 Å². The third-order valence-corrected chi connectivity index (χ3v) is 4.12. The number of nitrogens with zero attached hydrogens (tertiary/aromatic N) is 2. The number of ketones is 1. The fourth-order valence-electron chi connectivity index (χ4n) is 2.87. The number of rotatable bonds is 2. The van der Waals surface area contributed by atoms with E-state index < -0.39 is 4.92 Å². The molecule has 6 nitrogen and oxygen atoms in total. The number of nitrogens with one attached hydrogen (secondary N) is 1. The lowest BCUT2D eigenvalue weighted by atomic mass is 9.97. The van der Waals surface area contributed by atoms with E-state index in [4.69, 9.17) is 0 Å². The molecule has 0 aromatic heterocycles. The van der Waals surface area contributed by atoms with Gasteiger partial charge in [-0.25, -0.2) is 4.99 Å². The Hall–Kier alpha value is -3.80. The van der Waals surface area contributed by atoms with Crippen molar-refractivity contribution in [1.29, 1.82) is 0 Å². The molecule has 0 fully saturated rings. The van der Waals surface area contributed by atoms with Gasteiger partial charge < -0.3 is 5.32 Å². The largest absolute Gasteiger partial charge is 0.353 e. The topological polar surface area (TPSA) is 84.6 Å². The fourth-order valence-corrected chi connectivity index (χ4v) is 2.87. The molecule has 1 N–H and O–H groups in total. The number of carbonyl (C=O) groups excluding carboxylic acids is 1. The minimum atomic E-state index is -0.485. The molecule has 26 heavy (non-hydrogen) atoms. The van der Waals surface area contributed by atoms with E-state index >= 15 is 0 Å². The number of hydrogen-bond acceptors (Lipinski definition) is 5. The Kier molecular flexibility index (Phi) is 3.78. The summed E-state index contributed by atoms with van der Waals surface area (Å²) in [5, 5.41) is 14.3. The zero-order valence-corrected chi connectivity index (χ0v) is 13.5. The van der Waals surface area contributed by atoms with Crippen molar-refractivity contribution in [2.45, 2.75) is 0 Å². The van der Waals surface area contributed by atoms with E-state index in [-0.39, 0.29) is 17.2 Å². The summed E-state index contributed by atoms with van der Waals surface area (Å²) in [7, 11) is 0. The fraction of sp³-hybridized carbons (Fsp3) is 0. The maximum Gasteiger partial charge on any atom is 0.270 e. The van der Waals surface area contributed by atoms with Crippen molar-refractivity contribution in [2.75, 3.05) is 5.32 Å². The summed E-state index contributed by atoms with van der Waals surface area (Å²) in [6.45, 7) is 0. The van der Waals surface area contributed by atoms with E-state index in [9.17, 15) is 14.9 Å². The maximum absolute atomic E-state index is 13.1. The van der Waals surface area contributed by atoms with Gasteiger partial charge in [-0.1, -0.05) is 36.4 Å². The minimum absolute atomic E-state index is 0.0836. The van der Waals surface area contributed by atoms with Crippen molar-refractivity contribution < 1.29 is 9.72 Å². The molecule has 126 valence electrons. The quantitative estimate of drug-likeness (QED) is 0.542. The molecule has 0 saturated heterocycles. The highest BCUT2D eigenvalue weighted by Gasteiger charge is 2.23. The summed E-state index contributed by atoms with van der Waals surface area (Å²) in [5.74, 6) is -0.289. The van der Waals surface area contributed by atoms with Crippen molar-refractivity contribution >= 4 is 34.2 Å². The molecular formula is C20H13N3O3. The lowest BCUT2D eigenvalue weighted by molar-refractivity contribution is -0.384. The van der Waals surface area contributed by atoms with Gasteiger partial charge in [0.2, 0.25) is 5.78 Å². The standard InChI is InChI=1S/C20H13N3O3/c24-20-15-8-1-2-9-16(15)21-17-10-3-4-11-18(17)22-19(20)13-6-5-7-14(12-13)23(25)26/h1-12,21H.